The zero-order valence-corrected chi connectivity index (χ0v) is 9.52. The molecule has 1 aromatic rings. The van der Waals surface area contributed by atoms with Gasteiger partial charge in [-0.25, -0.2) is 0 Å². The van der Waals surface area contributed by atoms with Crippen LogP contribution < -0.4 is 5.32 Å². The molecule has 1 heterocycles. The number of anilines is 1. The van der Waals surface area contributed by atoms with Crippen LogP contribution in [0.3, 0.4) is 0 Å². The van der Waals surface area contributed by atoms with Crippen LogP contribution in [0.4, 0.5) is 6.01 Å². The fourth-order valence-electron chi connectivity index (χ4n) is 1.02. The molecule has 1 N–H and O–H groups in total. The second kappa shape index (κ2) is 3.46. The Labute approximate surface area is 87.8 Å². The second-order valence-corrected chi connectivity index (χ2v) is 5.49. The zero-order valence-electron chi connectivity index (χ0n) is 8.70. The Morgan fingerprint density at radius 2 is 2.21 bits per heavy atom. The highest BCUT2D eigenvalue weighted by atomic mass is 32.2. The number of aromatic nitrogens is 2. The normalized spacial score (nSPS) is 17.1. The van der Waals surface area contributed by atoms with Gasteiger partial charge in [-0.15, -0.1) is 0 Å². The monoisotopic (exact) mass is 213 g/mol. The molecule has 0 amide bonds. The molecule has 0 unspecified atom stereocenters. The lowest BCUT2D eigenvalue weighted by atomic mass is 10.2. The third-order valence-electron chi connectivity index (χ3n) is 2.38. The number of hydrogen-bond acceptors (Lipinski definition) is 5. The summed E-state index contributed by atoms with van der Waals surface area (Å²) in [6, 6.07) is 1.12. The lowest BCUT2D eigenvalue weighted by Gasteiger charge is -2.15. The minimum atomic E-state index is -0.0764. The molecule has 4 nitrogen and oxygen atoms in total. The van der Waals surface area contributed by atoms with E-state index in [0.29, 0.717) is 12.1 Å². The summed E-state index contributed by atoms with van der Waals surface area (Å²) in [6.07, 6.45) is 4.47. The van der Waals surface area contributed by atoms with Crippen LogP contribution >= 0.6 is 11.8 Å². The molecule has 1 saturated carbocycles. The van der Waals surface area contributed by atoms with Crippen LogP contribution in [0.5, 0.6) is 0 Å². The maximum absolute atomic E-state index is 5.12. The Hall–Kier alpha value is -0.710. The minimum Gasteiger partial charge on any atom is -0.335 e. The zero-order chi connectivity index (χ0) is 10.2. The molecule has 2 rings (SSSR count). The molecule has 0 saturated heterocycles. The van der Waals surface area contributed by atoms with Gasteiger partial charge in [-0.05, 0) is 32.9 Å². The number of rotatable bonds is 4. The first-order valence-corrected chi connectivity index (χ1v) is 6.00. The van der Waals surface area contributed by atoms with Crippen LogP contribution in [0.15, 0.2) is 4.52 Å². The van der Waals surface area contributed by atoms with Crippen molar-refractivity contribution in [3.05, 3.63) is 5.82 Å². The summed E-state index contributed by atoms with van der Waals surface area (Å²) in [5, 5.41) is 7.15. The molecule has 0 aromatic carbocycles. The van der Waals surface area contributed by atoms with Gasteiger partial charge in [0.1, 0.15) is 0 Å². The van der Waals surface area contributed by atoms with Crippen LogP contribution in [0.25, 0.3) is 0 Å². The van der Waals surface area contributed by atoms with Gasteiger partial charge in [0.15, 0.2) is 5.82 Å². The van der Waals surface area contributed by atoms with Gasteiger partial charge in [-0.2, -0.15) is 16.7 Å². The van der Waals surface area contributed by atoms with E-state index in [4.69, 9.17) is 4.52 Å². The summed E-state index contributed by atoms with van der Waals surface area (Å²) >= 11 is 1.72. The van der Waals surface area contributed by atoms with Gasteiger partial charge >= 0.3 is 6.01 Å². The van der Waals surface area contributed by atoms with Gasteiger partial charge in [-0.3, -0.25) is 0 Å². The van der Waals surface area contributed by atoms with Crippen molar-refractivity contribution in [1.82, 2.24) is 10.1 Å². The maximum Gasteiger partial charge on any atom is 0.321 e. The largest absolute Gasteiger partial charge is 0.335 e. The van der Waals surface area contributed by atoms with Gasteiger partial charge in [0.25, 0.3) is 0 Å². The Kier molecular flexibility index (Phi) is 2.43. The van der Waals surface area contributed by atoms with E-state index in [9.17, 15) is 0 Å². The van der Waals surface area contributed by atoms with Crippen molar-refractivity contribution in [2.24, 2.45) is 0 Å². The first-order chi connectivity index (χ1) is 6.62. The van der Waals surface area contributed by atoms with Crippen molar-refractivity contribution < 1.29 is 4.52 Å². The molecule has 0 atom stereocenters. The Balaban J connectivity index is 2.07. The van der Waals surface area contributed by atoms with Gasteiger partial charge in [0, 0.05) is 6.04 Å². The number of hydrogen-bond donors (Lipinski definition) is 1. The van der Waals surface area contributed by atoms with E-state index in [1.165, 1.54) is 12.8 Å². The van der Waals surface area contributed by atoms with Gasteiger partial charge in [0.2, 0.25) is 0 Å². The van der Waals surface area contributed by atoms with E-state index >= 15 is 0 Å². The third-order valence-corrected chi connectivity index (χ3v) is 3.58. The molecule has 5 heteroatoms. The maximum atomic E-state index is 5.12. The van der Waals surface area contributed by atoms with Crippen LogP contribution in [0, 0.1) is 0 Å². The molecular formula is C9H15N3OS. The molecule has 0 aliphatic heterocycles. The fourth-order valence-corrected chi connectivity index (χ4v) is 1.29. The molecule has 1 aliphatic rings. The highest BCUT2D eigenvalue weighted by Crippen LogP contribution is 2.32. The molecule has 1 aliphatic carbocycles. The highest BCUT2D eigenvalue weighted by molar-refractivity contribution is 7.99. The average Bonchev–Trinajstić information content (AvgIpc) is 2.81. The van der Waals surface area contributed by atoms with Crippen LogP contribution in [-0.2, 0) is 4.75 Å². The molecule has 1 aromatic heterocycles. The predicted molar refractivity (Wildman–Crippen MR) is 57.5 cm³/mol. The van der Waals surface area contributed by atoms with E-state index in [0.717, 1.165) is 5.82 Å². The van der Waals surface area contributed by atoms with Crippen molar-refractivity contribution in [2.45, 2.75) is 37.5 Å². The van der Waals surface area contributed by atoms with Crippen LogP contribution in [0.1, 0.15) is 32.5 Å². The smallest absolute Gasteiger partial charge is 0.321 e. The molecular weight excluding hydrogens is 198 g/mol. The summed E-state index contributed by atoms with van der Waals surface area (Å²) in [6.45, 7) is 4.17. The van der Waals surface area contributed by atoms with Crippen molar-refractivity contribution >= 4 is 17.8 Å². The highest BCUT2D eigenvalue weighted by Gasteiger charge is 2.28. The van der Waals surface area contributed by atoms with Crippen molar-refractivity contribution in [3.8, 4) is 0 Å². The quantitative estimate of drug-likeness (QED) is 0.831. The van der Waals surface area contributed by atoms with E-state index in [-0.39, 0.29) is 4.75 Å². The lowest BCUT2D eigenvalue weighted by molar-refractivity contribution is 0.416. The summed E-state index contributed by atoms with van der Waals surface area (Å²) in [4.78, 5) is 4.32. The molecule has 1 fully saturated rings. The predicted octanol–water partition coefficient (Wildman–Crippen LogP) is 2.24. The average molecular weight is 213 g/mol. The Morgan fingerprint density at radius 1 is 1.50 bits per heavy atom. The SMILES string of the molecule is CSC(C)(C)c1noc(NC2CC2)n1. The standard InChI is InChI=1S/C9H15N3OS/c1-9(2,14-3)7-11-8(13-12-7)10-6-4-5-6/h6H,4-5H2,1-3H3,(H,10,11,12). The summed E-state index contributed by atoms with van der Waals surface area (Å²) in [5.74, 6) is 0.758. The lowest BCUT2D eigenvalue weighted by Crippen LogP contribution is -2.13. The van der Waals surface area contributed by atoms with Crippen LogP contribution in [0.2, 0.25) is 0 Å². The number of nitrogens with one attached hydrogen (secondary N) is 1. The number of nitrogens with zero attached hydrogens (tertiary/aromatic N) is 2. The summed E-state index contributed by atoms with van der Waals surface area (Å²) in [7, 11) is 0. The summed E-state index contributed by atoms with van der Waals surface area (Å²) < 4.78 is 5.04. The van der Waals surface area contributed by atoms with Crippen molar-refractivity contribution in [1.29, 1.82) is 0 Å². The second-order valence-electron chi connectivity index (χ2n) is 4.06. The topological polar surface area (TPSA) is 51.0 Å². The first-order valence-electron chi connectivity index (χ1n) is 4.78. The van der Waals surface area contributed by atoms with Gasteiger partial charge < -0.3 is 9.84 Å². The minimum absolute atomic E-state index is 0.0764. The fraction of sp³-hybridized carbons (Fsp3) is 0.778. The van der Waals surface area contributed by atoms with E-state index in [1.54, 1.807) is 11.8 Å². The van der Waals surface area contributed by atoms with Gasteiger partial charge in [0.05, 0.1) is 4.75 Å². The molecule has 78 valence electrons. The molecule has 0 radical (unpaired) electrons. The third kappa shape index (κ3) is 2.03. The van der Waals surface area contributed by atoms with E-state index in [2.05, 4.69) is 29.3 Å². The summed E-state index contributed by atoms with van der Waals surface area (Å²) in [5.41, 5.74) is 0. The molecule has 0 bridgehead atoms. The van der Waals surface area contributed by atoms with Gasteiger partial charge in [-0.1, -0.05) is 5.16 Å². The van der Waals surface area contributed by atoms with E-state index in [1.807, 2.05) is 6.26 Å². The molecule has 0 spiro atoms. The Morgan fingerprint density at radius 3 is 2.79 bits per heavy atom. The van der Waals surface area contributed by atoms with E-state index < -0.39 is 0 Å². The first kappa shape index (κ1) is 9.83. The van der Waals surface area contributed by atoms with Crippen molar-refractivity contribution in [2.75, 3.05) is 11.6 Å². The number of thioether (sulfide) groups is 1. The van der Waals surface area contributed by atoms with Crippen LogP contribution in [-0.4, -0.2) is 22.4 Å². The Bertz CT molecular complexity index is 320. The van der Waals surface area contributed by atoms with Crippen molar-refractivity contribution in [3.63, 3.8) is 0 Å². The molecule has 14 heavy (non-hydrogen) atoms.